The van der Waals surface area contributed by atoms with Gasteiger partial charge in [0.2, 0.25) is 0 Å². The fraction of sp³-hybridized carbons (Fsp3) is 0.273. The van der Waals surface area contributed by atoms with Gasteiger partial charge in [-0.25, -0.2) is 4.98 Å². The van der Waals surface area contributed by atoms with Crippen molar-refractivity contribution >= 4 is 32.5 Å². The maximum Gasteiger partial charge on any atom is 0.199 e. The summed E-state index contributed by atoms with van der Waals surface area (Å²) in [6.07, 6.45) is 2.96. The van der Waals surface area contributed by atoms with Gasteiger partial charge in [-0.3, -0.25) is 4.79 Å². The number of fused-ring (bicyclic) bond motifs is 2. The van der Waals surface area contributed by atoms with E-state index in [2.05, 4.69) is 23.6 Å². The van der Waals surface area contributed by atoms with E-state index < -0.39 is 0 Å². The third-order valence-electron chi connectivity index (χ3n) is 4.82. The Balaban J connectivity index is 1.89. The number of methoxy groups -OCH3 is 1. The molecule has 0 aliphatic carbocycles. The van der Waals surface area contributed by atoms with Crippen LogP contribution in [0.3, 0.4) is 0 Å². The molecule has 0 N–H and O–H groups in total. The van der Waals surface area contributed by atoms with Gasteiger partial charge in [-0.05, 0) is 57.4 Å². The van der Waals surface area contributed by atoms with Gasteiger partial charge in [0.1, 0.15) is 10.8 Å². The fourth-order valence-electron chi connectivity index (χ4n) is 3.39. The van der Waals surface area contributed by atoms with E-state index in [9.17, 15) is 4.79 Å². The van der Waals surface area contributed by atoms with E-state index in [0.717, 1.165) is 40.3 Å². The van der Waals surface area contributed by atoms with E-state index >= 15 is 0 Å². The van der Waals surface area contributed by atoms with E-state index in [-0.39, 0.29) is 5.43 Å². The number of nitrogens with zero attached hydrogens (tertiary/aromatic N) is 3. The summed E-state index contributed by atoms with van der Waals surface area (Å²) in [5.41, 5.74) is 2.49. The molecule has 0 aliphatic heterocycles. The number of rotatable bonds is 6. The van der Waals surface area contributed by atoms with Gasteiger partial charge in [0.05, 0.1) is 33.8 Å². The van der Waals surface area contributed by atoms with Gasteiger partial charge < -0.3 is 14.2 Å². The summed E-state index contributed by atoms with van der Waals surface area (Å²) in [5, 5.41) is 1.43. The van der Waals surface area contributed by atoms with Crippen LogP contribution in [-0.4, -0.2) is 42.2 Å². The Labute approximate surface area is 167 Å². The highest BCUT2D eigenvalue weighted by atomic mass is 32.1. The van der Waals surface area contributed by atoms with Crippen LogP contribution < -0.4 is 10.2 Å². The summed E-state index contributed by atoms with van der Waals surface area (Å²) in [4.78, 5) is 20.2. The number of aryl methyl sites for hydroxylation is 1. The third-order valence-corrected chi connectivity index (χ3v) is 5.89. The number of hydrogen-bond donors (Lipinski definition) is 0. The largest absolute Gasteiger partial charge is 0.497 e. The Morgan fingerprint density at radius 1 is 1.18 bits per heavy atom. The van der Waals surface area contributed by atoms with Crippen LogP contribution in [0.2, 0.25) is 0 Å². The minimum absolute atomic E-state index is 0.00295. The topological polar surface area (TPSA) is 47.4 Å². The van der Waals surface area contributed by atoms with E-state index in [0.29, 0.717) is 16.7 Å². The fourth-order valence-corrected chi connectivity index (χ4v) is 4.36. The summed E-state index contributed by atoms with van der Waals surface area (Å²) >= 11 is 1.56. The molecule has 0 fully saturated rings. The standard InChI is InChI=1S/C22H23N3O2S/c1-24(2)11-6-12-25-14-17(22-23-18-7-4-5-8-20(18)28-22)21(26)16-13-15(27-3)9-10-19(16)25/h4-5,7-10,13-14H,6,11-12H2,1-3H3. The van der Waals surface area contributed by atoms with Gasteiger partial charge in [-0.2, -0.15) is 0 Å². The first-order valence-electron chi connectivity index (χ1n) is 9.28. The maximum absolute atomic E-state index is 13.3. The van der Waals surface area contributed by atoms with Crippen LogP contribution in [0.1, 0.15) is 6.42 Å². The number of pyridine rings is 1. The molecule has 2 heterocycles. The van der Waals surface area contributed by atoms with Gasteiger partial charge in [0, 0.05) is 12.7 Å². The van der Waals surface area contributed by atoms with Crippen LogP contribution in [0.5, 0.6) is 5.75 Å². The molecule has 4 aromatic rings. The summed E-state index contributed by atoms with van der Waals surface area (Å²) in [5.74, 6) is 0.686. The molecule has 6 heteroatoms. The lowest BCUT2D eigenvalue weighted by Gasteiger charge is -2.15. The van der Waals surface area contributed by atoms with Crippen molar-refractivity contribution in [2.24, 2.45) is 0 Å². The van der Waals surface area contributed by atoms with Crippen LogP contribution in [0.15, 0.2) is 53.5 Å². The normalized spacial score (nSPS) is 11.6. The predicted molar refractivity (Wildman–Crippen MR) is 117 cm³/mol. The van der Waals surface area contributed by atoms with Gasteiger partial charge >= 0.3 is 0 Å². The lowest BCUT2D eigenvalue weighted by Crippen LogP contribution is -2.17. The summed E-state index contributed by atoms with van der Waals surface area (Å²) in [6.45, 7) is 1.82. The Kier molecular flexibility index (Phi) is 5.15. The highest BCUT2D eigenvalue weighted by Gasteiger charge is 2.15. The minimum atomic E-state index is -0.00295. The van der Waals surface area contributed by atoms with E-state index in [1.807, 2.05) is 48.7 Å². The molecular formula is C22H23N3O2S. The molecule has 28 heavy (non-hydrogen) atoms. The molecule has 2 aromatic heterocycles. The summed E-state index contributed by atoms with van der Waals surface area (Å²) in [7, 11) is 5.76. The van der Waals surface area contributed by atoms with Gasteiger partial charge in [0.15, 0.2) is 5.43 Å². The highest BCUT2D eigenvalue weighted by Crippen LogP contribution is 2.30. The predicted octanol–water partition coefficient (Wildman–Crippen LogP) is 4.24. The van der Waals surface area contributed by atoms with Crippen molar-refractivity contribution in [2.45, 2.75) is 13.0 Å². The van der Waals surface area contributed by atoms with Crippen LogP contribution in [-0.2, 0) is 6.54 Å². The molecule has 0 saturated heterocycles. The third kappa shape index (κ3) is 3.53. The van der Waals surface area contributed by atoms with Crippen molar-refractivity contribution in [3.05, 3.63) is 58.9 Å². The molecule has 0 saturated carbocycles. The number of benzene rings is 2. The number of hydrogen-bond acceptors (Lipinski definition) is 5. The molecule has 144 valence electrons. The van der Waals surface area contributed by atoms with Crippen molar-refractivity contribution in [3.63, 3.8) is 0 Å². The quantitative estimate of drug-likeness (QED) is 0.492. The monoisotopic (exact) mass is 393 g/mol. The van der Waals surface area contributed by atoms with E-state index in [1.165, 1.54) is 0 Å². The van der Waals surface area contributed by atoms with Gasteiger partial charge in [-0.15, -0.1) is 11.3 Å². The highest BCUT2D eigenvalue weighted by molar-refractivity contribution is 7.21. The first-order valence-corrected chi connectivity index (χ1v) is 10.1. The number of aromatic nitrogens is 2. The molecule has 0 atom stereocenters. The van der Waals surface area contributed by atoms with Crippen molar-refractivity contribution in [3.8, 4) is 16.3 Å². The molecule has 0 aliphatic rings. The smallest absolute Gasteiger partial charge is 0.199 e. The zero-order valence-corrected chi connectivity index (χ0v) is 17.1. The Bertz CT molecular complexity index is 1160. The van der Waals surface area contributed by atoms with Crippen molar-refractivity contribution in [1.29, 1.82) is 0 Å². The van der Waals surface area contributed by atoms with Crippen molar-refractivity contribution in [2.75, 3.05) is 27.7 Å². The van der Waals surface area contributed by atoms with Crippen LogP contribution in [0.25, 0.3) is 31.7 Å². The average Bonchev–Trinajstić information content (AvgIpc) is 3.13. The lowest BCUT2D eigenvalue weighted by molar-refractivity contribution is 0.387. The molecule has 0 amide bonds. The Hall–Kier alpha value is -2.70. The summed E-state index contributed by atoms with van der Waals surface area (Å²) < 4.78 is 8.61. The average molecular weight is 394 g/mol. The SMILES string of the molecule is COc1ccc2c(c1)c(=O)c(-c1nc3ccccc3s1)cn2CCCN(C)C. The van der Waals surface area contributed by atoms with E-state index in [4.69, 9.17) is 9.72 Å². The first kappa shape index (κ1) is 18.7. The van der Waals surface area contributed by atoms with Gasteiger partial charge in [-0.1, -0.05) is 12.1 Å². The Morgan fingerprint density at radius 3 is 2.75 bits per heavy atom. The molecule has 0 spiro atoms. The summed E-state index contributed by atoms with van der Waals surface area (Å²) in [6, 6.07) is 13.7. The first-order chi connectivity index (χ1) is 13.6. The number of ether oxygens (including phenoxy) is 1. The second kappa shape index (κ2) is 7.73. The van der Waals surface area contributed by atoms with Crippen molar-refractivity contribution < 1.29 is 4.74 Å². The van der Waals surface area contributed by atoms with Crippen LogP contribution in [0, 0.1) is 0 Å². The number of thiazole rings is 1. The molecule has 4 rings (SSSR count). The molecule has 0 unspecified atom stereocenters. The maximum atomic E-state index is 13.3. The number of para-hydroxylation sites is 1. The lowest BCUT2D eigenvalue weighted by atomic mass is 10.1. The Morgan fingerprint density at radius 2 is 2.00 bits per heavy atom. The van der Waals surface area contributed by atoms with Crippen LogP contribution >= 0.6 is 11.3 Å². The minimum Gasteiger partial charge on any atom is -0.497 e. The molecular weight excluding hydrogens is 370 g/mol. The molecule has 5 nitrogen and oxygen atoms in total. The van der Waals surface area contributed by atoms with Crippen molar-refractivity contribution in [1.82, 2.24) is 14.5 Å². The molecule has 0 bridgehead atoms. The molecule has 2 aromatic carbocycles. The van der Waals surface area contributed by atoms with E-state index in [1.54, 1.807) is 18.4 Å². The molecule has 0 radical (unpaired) electrons. The second-order valence-corrected chi connectivity index (χ2v) is 8.12. The zero-order chi connectivity index (χ0) is 19.7. The van der Waals surface area contributed by atoms with Crippen LogP contribution in [0.4, 0.5) is 0 Å². The second-order valence-electron chi connectivity index (χ2n) is 7.09. The zero-order valence-electron chi connectivity index (χ0n) is 16.3. The van der Waals surface area contributed by atoms with Gasteiger partial charge in [0.25, 0.3) is 0 Å².